The largest absolute Gasteiger partial charge is 1.00 e. The van der Waals surface area contributed by atoms with Gasteiger partial charge in [0.05, 0.1) is 33.3 Å². The van der Waals surface area contributed by atoms with Gasteiger partial charge in [-0.3, -0.25) is 9.59 Å². The molecule has 0 unspecified atom stereocenters. The summed E-state index contributed by atoms with van der Waals surface area (Å²) in [5.74, 6) is -1.82. The van der Waals surface area contributed by atoms with Crippen LogP contribution in [0.4, 0.5) is 0 Å². The highest BCUT2D eigenvalue weighted by atomic mass is 35.5. The second-order valence-corrected chi connectivity index (χ2v) is 9.90. The number of primary amides is 1. The number of halogens is 1. The van der Waals surface area contributed by atoms with Crippen LogP contribution in [0, 0.1) is 0 Å². The van der Waals surface area contributed by atoms with Gasteiger partial charge in [0, 0.05) is 24.6 Å². The van der Waals surface area contributed by atoms with E-state index in [0.29, 0.717) is 12.2 Å². The molecule has 0 aliphatic heterocycles. The fraction of sp³-hybridized carbons (Fsp3) is 0.586. The van der Waals surface area contributed by atoms with E-state index < -0.39 is 11.9 Å². The van der Waals surface area contributed by atoms with Crippen molar-refractivity contribution in [2.24, 2.45) is 5.73 Å². The van der Waals surface area contributed by atoms with Gasteiger partial charge in [0.15, 0.2) is 0 Å². The Kier molecular flexibility index (Phi) is 33.1. The standard InChI is InChI=1S/C12H24NO2.C11H21NO.C3H5NO.C3H4O2.ClH/c1-10(2)11(14)15-9-8-12(3,4)13(5,6)7;1-3-5-6-7-8-9-10-12-11(13)4-2;2*1-2-3(4)5;/h1,8-9H2,2-7H3;4H,2-3,5-10H2,1H3,(H,12,13);2H,1H2,(H2,4,5);2H,1H2,(H,4,5);1H/q+1;;;;/p-1. The molecule has 39 heavy (non-hydrogen) atoms. The number of nitrogens with two attached hydrogens (primary N) is 1. The minimum atomic E-state index is -0.981. The second kappa shape index (κ2) is 28.1. The average Bonchev–Trinajstić information content (AvgIpc) is 2.83. The molecule has 0 saturated heterocycles. The summed E-state index contributed by atoms with van der Waals surface area (Å²) in [7, 11) is 6.42. The van der Waals surface area contributed by atoms with Crippen LogP contribution < -0.4 is 23.5 Å². The lowest BCUT2D eigenvalue weighted by Crippen LogP contribution is -3.00. The molecule has 0 aliphatic carbocycles. The van der Waals surface area contributed by atoms with E-state index in [9.17, 15) is 19.2 Å². The van der Waals surface area contributed by atoms with E-state index in [1.165, 1.54) is 38.2 Å². The molecule has 0 saturated carbocycles. The molecule has 9 nitrogen and oxygen atoms in total. The van der Waals surface area contributed by atoms with Crippen LogP contribution in [0.15, 0.2) is 50.1 Å². The van der Waals surface area contributed by atoms with Gasteiger partial charge in [0.25, 0.3) is 0 Å². The predicted molar refractivity (Wildman–Crippen MR) is 156 cm³/mol. The van der Waals surface area contributed by atoms with Crippen molar-refractivity contribution < 1.29 is 45.9 Å². The zero-order valence-electron chi connectivity index (χ0n) is 25.3. The highest BCUT2D eigenvalue weighted by molar-refractivity contribution is 5.87. The Balaban J connectivity index is -0.000000145. The summed E-state index contributed by atoms with van der Waals surface area (Å²) < 4.78 is 5.93. The van der Waals surface area contributed by atoms with Gasteiger partial charge in [-0.15, -0.1) is 0 Å². The maximum Gasteiger partial charge on any atom is 0.333 e. The van der Waals surface area contributed by atoms with Crippen LogP contribution in [0.25, 0.3) is 0 Å². The Morgan fingerprint density at radius 3 is 1.72 bits per heavy atom. The van der Waals surface area contributed by atoms with Gasteiger partial charge in [-0.25, -0.2) is 9.59 Å². The molecule has 0 aromatic carbocycles. The van der Waals surface area contributed by atoms with Gasteiger partial charge in [-0.1, -0.05) is 65.3 Å². The van der Waals surface area contributed by atoms with Crippen LogP contribution >= 0.6 is 0 Å². The zero-order valence-corrected chi connectivity index (χ0v) is 26.1. The van der Waals surface area contributed by atoms with E-state index in [-0.39, 0.29) is 29.8 Å². The van der Waals surface area contributed by atoms with Crippen LogP contribution in [0.2, 0.25) is 0 Å². The molecule has 10 heteroatoms. The number of nitrogens with one attached hydrogen (secondary N) is 1. The fourth-order valence-corrected chi connectivity index (χ4v) is 2.04. The number of carboxylic acids is 1. The normalized spacial score (nSPS) is 9.62. The van der Waals surface area contributed by atoms with Gasteiger partial charge in [-0.05, 0) is 39.3 Å². The Morgan fingerprint density at radius 1 is 0.949 bits per heavy atom. The van der Waals surface area contributed by atoms with Crippen molar-refractivity contribution in [3.63, 3.8) is 0 Å². The fourth-order valence-electron chi connectivity index (χ4n) is 2.04. The number of rotatable bonds is 15. The van der Waals surface area contributed by atoms with Crippen molar-refractivity contribution in [3.8, 4) is 0 Å². The van der Waals surface area contributed by atoms with Crippen molar-refractivity contribution in [1.29, 1.82) is 0 Å². The number of carboxylic acid groups (broad SMARTS) is 1. The number of ether oxygens (including phenoxy) is 1. The first kappa shape index (κ1) is 46.0. The summed E-state index contributed by atoms with van der Waals surface area (Å²) in [6, 6.07) is 0. The van der Waals surface area contributed by atoms with Crippen molar-refractivity contribution in [1.82, 2.24) is 5.32 Å². The quantitative estimate of drug-likeness (QED) is 0.117. The summed E-state index contributed by atoms with van der Waals surface area (Å²) in [5.41, 5.74) is 5.08. The number of hydrogen-bond acceptors (Lipinski definition) is 5. The topological polar surface area (TPSA) is 136 Å². The van der Waals surface area contributed by atoms with E-state index in [4.69, 9.17) is 9.84 Å². The summed E-state index contributed by atoms with van der Waals surface area (Å²) in [6.45, 7) is 22.4. The minimum absolute atomic E-state index is 0. The molecule has 4 N–H and O–H groups in total. The van der Waals surface area contributed by atoms with Gasteiger partial charge in [0.1, 0.15) is 0 Å². The SMILES string of the molecule is C=C(C)C(=O)OCCC(C)(C)[N+](C)(C)C.C=CC(=O)NCCCCCCCC.C=CC(=O)O.C=CC(N)=O.[Cl-]. The molecular weight excluding hydrogens is 522 g/mol. The van der Waals surface area contributed by atoms with E-state index in [0.717, 1.165) is 36.0 Å². The number of nitrogens with zero attached hydrogens (tertiary/aromatic N) is 1. The average molecular weight is 576 g/mol. The maximum absolute atomic E-state index is 11.2. The summed E-state index contributed by atoms with van der Waals surface area (Å²) in [6.07, 6.45) is 11.6. The molecule has 0 aromatic rings. The van der Waals surface area contributed by atoms with Crippen LogP contribution in [0.1, 0.15) is 72.6 Å². The molecule has 0 fully saturated rings. The number of aliphatic carboxylic acids is 1. The first-order chi connectivity index (χ1) is 17.4. The molecule has 0 aromatic heterocycles. The summed E-state index contributed by atoms with van der Waals surface area (Å²) in [4.78, 5) is 40.6. The number of carbonyl (C=O) groups is 4. The van der Waals surface area contributed by atoms with Crippen molar-refractivity contribution in [2.75, 3.05) is 34.3 Å². The lowest BCUT2D eigenvalue weighted by Gasteiger charge is -2.41. The number of unbranched alkanes of at least 4 members (excludes halogenated alkanes) is 5. The molecule has 0 aliphatic rings. The maximum atomic E-state index is 11.2. The number of hydrogen-bond donors (Lipinski definition) is 3. The molecule has 2 amide bonds. The van der Waals surface area contributed by atoms with Crippen molar-refractivity contribution in [3.05, 3.63) is 50.1 Å². The number of esters is 1. The van der Waals surface area contributed by atoms with Gasteiger partial charge in [0.2, 0.25) is 11.8 Å². The van der Waals surface area contributed by atoms with Gasteiger partial charge < -0.3 is 37.8 Å². The third kappa shape index (κ3) is 37.3. The Bertz CT molecular complexity index is 726. The Hall–Kier alpha value is -2.91. The number of carbonyl (C=O) groups excluding carboxylic acids is 3. The zero-order chi connectivity index (χ0) is 30.8. The number of quaternary nitrogens is 1. The first-order valence-corrected chi connectivity index (χ1v) is 12.7. The lowest BCUT2D eigenvalue weighted by atomic mass is 9.97. The van der Waals surface area contributed by atoms with E-state index >= 15 is 0 Å². The van der Waals surface area contributed by atoms with Crippen LogP contribution in [-0.2, 0) is 23.9 Å². The van der Waals surface area contributed by atoms with Crippen LogP contribution in [0.3, 0.4) is 0 Å². The summed E-state index contributed by atoms with van der Waals surface area (Å²) >= 11 is 0. The molecule has 228 valence electrons. The number of amides is 2. The second-order valence-electron chi connectivity index (χ2n) is 9.90. The van der Waals surface area contributed by atoms with Crippen LogP contribution in [0.5, 0.6) is 0 Å². The monoisotopic (exact) mass is 575 g/mol. The third-order valence-corrected chi connectivity index (χ3v) is 5.50. The lowest BCUT2D eigenvalue weighted by molar-refractivity contribution is -0.920. The van der Waals surface area contributed by atoms with Crippen LogP contribution in [-0.4, -0.2) is 73.2 Å². The Morgan fingerprint density at radius 2 is 1.38 bits per heavy atom. The van der Waals surface area contributed by atoms with E-state index in [2.05, 4.69) is 79.3 Å². The van der Waals surface area contributed by atoms with Gasteiger partial charge >= 0.3 is 11.9 Å². The smallest absolute Gasteiger partial charge is 0.333 e. The highest BCUT2D eigenvalue weighted by Gasteiger charge is 2.32. The van der Waals surface area contributed by atoms with Gasteiger partial charge in [-0.2, -0.15) is 0 Å². The predicted octanol–water partition coefficient (Wildman–Crippen LogP) is 1.55. The Labute approximate surface area is 243 Å². The molecule has 0 spiro atoms. The first-order valence-electron chi connectivity index (χ1n) is 12.7. The highest BCUT2D eigenvalue weighted by Crippen LogP contribution is 2.21. The summed E-state index contributed by atoms with van der Waals surface area (Å²) in [5, 5.41) is 10.4. The molecule has 0 bridgehead atoms. The van der Waals surface area contributed by atoms with E-state index in [1.54, 1.807) is 6.92 Å². The molecular formula is C29H54ClN3O6. The molecule has 0 radical (unpaired) electrons. The third-order valence-electron chi connectivity index (χ3n) is 5.50. The van der Waals surface area contributed by atoms with Crippen molar-refractivity contribution in [2.45, 2.75) is 78.2 Å². The van der Waals surface area contributed by atoms with E-state index in [1.807, 2.05) is 0 Å². The minimum Gasteiger partial charge on any atom is -1.00 e. The molecule has 0 atom stereocenters. The molecule has 0 heterocycles. The van der Waals surface area contributed by atoms with Crippen molar-refractivity contribution >= 4 is 23.8 Å². The molecule has 0 rings (SSSR count).